The minimum Gasteiger partial charge on any atom is -0.483 e. The zero-order valence-corrected chi connectivity index (χ0v) is 14.2. The van der Waals surface area contributed by atoms with Crippen molar-refractivity contribution in [1.29, 1.82) is 0 Å². The summed E-state index contributed by atoms with van der Waals surface area (Å²) in [6.07, 6.45) is 10.2. The van der Waals surface area contributed by atoms with Gasteiger partial charge in [-0.2, -0.15) is 0 Å². The van der Waals surface area contributed by atoms with Crippen LogP contribution in [-0.4, -0.2) is 18.7 Å². The zero-order chi connectivity index (χ0) is 15.9. The first kappa shape index (κ1) is 17.8. The molecule has 3 nitrogen and oxygen atoms in total. The first-order chi connectivity index (χ1) is 10.00. The quantitative estimate of drug-likeness (QED) is 0.477. The van der Waals surface area contributed by atoms with Gasteiger partial charge in [-0.3, -0.25) is 0 Å². The second-order valence-corrected chi connectivity index (χ2v) is 6.03. The molecule has 1 aliphatic heterocycles. The fourth-order valence-electron chi connectivity index (χ4n) is 2.93. The van der Waals surface area contributed by atoms with Gasteiger partial charge in [0, 0.05) is 0 Å². The lowest BCUT2D eigenvalue weighted by atomic mass is 9.86. The van der Waals surface area contributed by atoms with E-state index >= 15 is 0 Å². The number of unbranched alkanes of at least 4 members (excludes halogenated alkanes) is 1. The van der Waals surface area contributed by atoms with Gasteiger partial charge in [-0.1, -0.05) is 47.0 Å². The summed E-state index contributed by atoms with van der Waals surface area (Å²) in [6.45, 7) is 8.75. The van der Waals surface area contributed by atoms with Crippen molar-refractivity contribution in [2.75, 3.05) is 7.11 Å². The van der Waals surface area contributed by atoms with E-state index in [1.54, 1.807) is 0 Å². The monoisotopic (exact) mass is 294 g/mol. The number of hydrogen-bond acceptors (Lipinski definition) is 3. The Hall–Kier alpha value is -1.25. The Morgan fingerprint density at radius 1 is 1.43 bits per heavy atom. The number of hydrogen-bond donors (Lipinski definition) is 0. The summed E-state index contributed by atoms with van der Waals surface area (Å²) in [4.78, 5) is 11.5. The molecule has 2 atom stereocenters. The maximum atomic E-state index is 11.5. The maximum absolute atomic E-state index is 11.5. The highest BCUT2D eigenvalue weighted by atomic mass is 16.5. The highest BCUT2D eigenvalue weighted by molar-refractivity contribution is 5.83. The number of allylic oxidation sites excluding steroid dienone is 1. The van der Waals surface area contributed by atoms with E-state index in [4.69, 9.17) is 9.47 Å². The van der Waals surface area contributed by atoms with E-state index in [2.05, 4.69) is 33.8 Å². The fourth-order valence-corrected chi connectivity index (χ4v) is 2.93. The van der Waals surface area contributed by atoms with E-state index in [0.717, 1.165) is 24.8 Å². The van der Waals surface area contributed by atoms with E-state index in [-0.39, 0.29) is 11.6 Å². The van der Waals surface area contributed by atoms with Crippen LogP contribution < -0.4 is 0 Å². The molecule has 21 heavy (non-hydrogen) atoms. The predicted molar refractivity (Wildman–Crippen MR) is 85.9 cm³/mol. The molecule has 0 saturated carbocycles. The Balaban J connectivity index is 2.86. The molecule has 3 heteroatoms. The van der Waals surface area contributed by atoms with E-state index in [1.165, 1.54) is 32.4 Å². The summed E-state index contributed by atoms with van der Waals surface area (Å²) < 4.78 is 10.9. The van der Waals surface area contributed by atoms with Gasteiger partial charge in [0.25, 0.3) is 0 Å². The molecule has 1 aliphatic rings. The lowest BCUT2D eigenvalue weighted by Crippen LogP contribution is -2.28. The molecule has 0 aromatic heterocycles. The van der Waals surface area contributed by atoms with Crippen LogP contribution in [0.3, 0.4) is 0 Å². The molecule has 0 N–H and O–H groups in total. The molecule has 0 amide bonds. The smallest absolute Gasteiger partial charge is 0.334 e. The van der Waals surface area contributed by atoms with E-state index in [9.17, 15) is 4.79 Å². The first-order valence-electron chi connectivity index (χ1n) is 8.21. The van der Waals surface area contributed by atoms with Crippen LogP contribution in [-0.2, 0) is 14.3 Å². The fraction of sp³-hybridized carbons (Fsp3) is 0.722. The Labute approximate surface area is 129 Å². The first-order valence-corrected chi connectivity index (χ1v) is 8.21. The molecule has 0 aromatic carbocycles. The number of rotatable bonds is 8. The Morgan fingerprint density at radius 2 is 2.14 bits per heavy atom. The maximum Gasteiger partial charge on any atom is 0.334 e. The number of methoxy groups -OCH3 is 1. The van der Waals surface area contributed by atoms with Crippen LogP contribution in [0.15, 0.2) is 23.5 Å². The summed E-state index contributed by atoms with van der Waals surface area (Å²) in [5.74, 6) is 0.959. The van der Waals surface area contributed by atoms with Crippen molar-refractivity contribution in [2.24, 2.45) is 5.92 Å². The lowest BCUT2D eigenvalue weighted by molar-refractivity contribution is -0.135. The topological polar surface area (TPSA) is 35.5 Å². The van der Waals surface area contributed by atoms with Crippen molar-refractivity contribution < 1.29 is 14.3 Å². The second kappa shape index (κ2) is 8.26. The number of carbonyl (C=O) groups excluding carboxylic acids is 1. The van der Waals surface area contributed by atoms with Crippen molar-refractivity contribution >= 4 is 5.97 Å². The van der Waals surface area contributed by atoms with Gasteiger partial charge in [0.2, 0.25) is 0 Å². The third-order valence-corrected chi connectivity index (χ3v) is 4.24. The molecule has 1 heterocycles. The van der Waals surface area contributed by atoms with Gasteiger partial charge in [-0.25, -0.2) is 4.79 Å². The third-order valence-electron chi connectivity index (χ3n) is 4.24. The molecule has 0 bridgehead atoms. The molecule has 0 aliphatic carbocycles. The summed E-state index contributed by atoms with van der Waals surface area (Å²) in [6, 6.07) is 0. The molecule has 0 aromatic rings. The van der Waals surface area contributed by atoms with Crippen molar-refractivity contribution in [3.63, 3.8) is 0 Å². The van der Waals surface area contributed by atoms with Crippen molar-refractivity contribution in [3.05, 3.63) is 23.5 Å². The predicted octanol–water partition coefficient (Wildman–Crippen LogP) is 4.78. The summed E-state index contributed by atoms with van der Waals surface area (Å²) >= 11 is 0. The Morgan fingerprint density at radius 3 is 2.67 bits per heavy atom. The molecule has 0 fully saturated rings. The van der Waals surface area contributed by atoms with Gasteiger partial charge >= 0.3 is 5.97 Å². The molecule has 0 saturated heterocycles. The summed E-state index contributed by atoms with van der Waals surface area (Å²) in [5.41, 5.74) is 0.864. The second-order valence-electron chi connectivity index (χ2n) is 6.03. The average molecular weight is 294 g/mol. The van der Waals surface area contributed by atoms with Crippen LogP contribution in [0.4, 0.5) is 0 Å². The van der Waals surface area contributed by atoms with Gasteiger partial charge in [-0.05, 0) is 36.8 Å². The van der Waals surface area contributed by atoms with Crippen molar-refractivity contribution in [3.8, 4) is 0 Å². The van der Waals surface area contributed by atoms with Gasteiger partial charge < -0.3 is 9.47 Å². The highest BCUT2D eigenvalue weighted by Crippen LogP contribution is 2.40. The molecule has 2 unspecified atom stereocenters. The van der Waals surface area contributed by atoms with Crippen LogP contribution in [0.1, 0.15) is 66.2 Å². The van der Waals surface area contributed by atoms with Crippen molar-refractivity contribution in [1.82, 2.24) is 0 Å². The Kier molecular flexibility index (Phi) is 7.00. The minimum atomic E-state index is -0.352. The number of carbonyl (C=O) groups is 1. The van der Waals surface area contributed by atoms with Crippen LogP contribution in [0.25, 0.3) is 0 Å². The van der Waals surface area contributed by atoms with E-state index in [1.807, 2.05) is 0 Å². The van der Waals surface area contributed by atoms with Gasteiger partial charge in [0.1, 0.15) is 11.4 Å². The number of ether oxygens (including phenoxy) is 2. The molecule has 0 radical (unpaired) electrons. The van der Waals surface area contributed by atoms with E-state index < -0.39 is 0 Å². The van der Waals surface area contributed by atoms with Crippen LogP contribution >= 0.6 is 0 Å². The Bertz CT molecular complexity index is 409. The third kappa shape index (κ3) is 4.90. The highest BCUT2D eigenvalue weighted by Gasteiger charge is 2.37. The summed E-state index contributed by atoms with van der Waals surface area (Å²) in [7, 11) is 1.39. The minimum absolute atomic E-state index is 0.252. The van der Waals surface area contributed by atoms with Crippen LogP contribution in [0.5, 0.6) is 0 Å². The number of esters is 1. The van der Waals surface area contributed by atoms with E-state index in [0.29, 0.717) is 11.7 Å². The van der Waals surface area contributed by atoms with Gasteiger partial charge in [-0.15, -0.1) is 0 Å². The lowest BCUT2D eigenvalue weighted by Gasteiger charge is -2.29. The molecule has 120 valence electrons. The largest absolute Gasteiger partial charge is 0.483 e. The SMILES string of the molecule is CCCCC(C)CC1(CC)C=C(CC)C(=CC(=O)OC)O1. The summed E-state index contributed by atoms with van der Waals surface area (Å²) in [5, 5.41) is 0. The molecular weight excluding hydrogens is 264 g/mol. The molecule has 0 spiro atoms. The standard InChI is InChI=1S/C18H30O3/c1-6-9-10-14(4)12-18(8-3)13-15(7-2)16(21-18)11-17(19)20-5/h11,13-14H,6-10,12H2,1-5H3. The van der Waals surface area contributed by atoms with Gasteiger partial charge in [0.15, 0.2) is 0 Å². The normalized spacial score (nSPS) is 24.6. The zero-order valence-electron chi connectivity index (χ0n) is 14.2. The van der Waals surface area contributed by atoms with Crippen molar-refractivity contribution in [2.45, 2.75) is 71.8 Å². The molecule has 1 rings (SSSR count). The van der Waals surface area contributed by atoms with Gasteiger partial charge in [0.05, 0.1) is 13.2 Å². The average Bonchev–Trinajstić information content (AvgIpc) is 2.83. The molecular formula is C18H30O3. The van der Waals surface area contributed by atoms with Crippen LogP contribution in [0, 0.1) is 5.92 Å². The van der Waals surface area contributed by atoms with Crippen LogP contribution in [0.2, 0.25) is 0 Å².